The number of Topliss-reactive ketones (excluding diaryl/α,β-unsaturated/α-hetero) is 1. The molecule has 0 aromatic rings. The monoisotopic (exact) mass is 186 g/mol. The number of carbonyl (C=O) groups excluding carboxylic acids is 1. The molecule has 2 rings (SSSR count). The average molecular weight is 187 g/mol. The zero-order valence-corrected chi connectivity index (χ0v) is 8.07. The molecule has 2 aliphatic rings. The third kappa shape index (κ3) is 1.19. The molecule has 1 spiro atoms. The lowest BCUT2D eigenvalue weighted by atomic mass is 9.72. The summed E-state index contributed by atoms with van der Waals surface area (Å²) in [5, 5.41) is -0.164. The first-order valence-corrected chi connectivity index (χ1v) is 5.37. The summed E-state index contributed by atoms with van der Waals surface area (Å²) >= 11 is 5.94. The Morgan fingerprint density at radius 3 is 2.33 bits per heavy atom. The first kappa shape index (κ1) is 8.55. The van der Waals surface area contributed by atoms with Crippen LogP contribution >= 0.6 is 11.6 Å². The van der Waals surface area contributed by atoms with E-state index in [4.69, 9.17) is 11.6 Å². The van der Waals surface area contributed by atoms with E-state index in [-0.39, 0.29) is 10.8 Å². The van der Waals surface area contributed by atoms with Crippen LogP contribution in [-0.4, -0.2) is 11.2 Å². The Kier molecular flexibility index (Phi) is 2.16. The number of hydrogen-bond donors (Lipinski definition) is 0. The predicted molar refractivity (Wildman–Crippen MR) is 49.4 cm³/mol. The van der Waals surface area contributed by atoms with Gasteiger partial charge < -0.3 is 0 Å². The Labute approximate surface area is 78.5 Å². The molecule has 1 unspecified atom stereocenters. The van der Waals surface area contributed by atoms with Gasteiger partial charge in [0.25, 0.3) is 0 Å². The van der Waals surface area contributed by atoms with Crippen molar-refractivity contribution in [2.45, 2.75) is 50.3 Å². The topological polar surface area (TPSA) is 17.1 Å². The van der Waals surface area contributed by atoms with Gasteiger partial charge in [0, 0.05) is 5.41 Å². The number of carbonyl (C=O) groups is 1. The van der Waals surface area contributed by atoms with Gasteiger partial charge in [-0.2, -0.15) is 0 Å². The summed E-state index contributed by atoms with van der Waals surface area (Å²) < 4.78 is 0. The van der Waals surface area contributed by atoms with Crippen LogP contribution in [0.5, 0.6) is 0 Å². The van der Waals surface area contributed by atoms with E-state index in [9.17, 15) is 4.79 Å². The van der Waals surface area contributed by atoms with E-state index < -0.39 is 0 Å². The maximum Gasteiger partial charge on any atom is 0.156 e. The number of rotatable bonds is 0. The van der Waals surface area contributed by atoms with Crippen LogP contribution in [-0.2, 0) is 4.79 Å². The van der Waals surface area contributed by atoms with Crippen LogP contribution in [0, 0.1) is 5.41 Å². The molecule has 0 aromatic heterocycles. The van der Waals surface area contributed by atoms with Crippen LogP contribution in [0.3, 0.4) is 0 Å². The molecule has 0 amide bonds. The Hall–Kier alpha value is -0.0400. The largest absolute Gasteiger partial charge is 0.297 e. The standard InChI is InChI=1S/C10H15ClO/c11-8-4-7-10(9(8)12)5-2-1-3-6-10/h8H,1-7H2. The molecule has 1 nitrogen and oxygen atoms in total. The summed E-state index contributed by atoms with van der Waals surface area (Å²) in [6.07, 6.45) is 7.96. The molecule has 0 N–H and O–H groups in total. The molecule has 0 aromatic carbocycles. The maximum atomic E-state index is 11.8. The Morgan fingerprint density at radius 1 is 1.17 bits per heavy atom. The minimum Gasteiger partial charge on any atom is -0.297 e. The van der Waals surface area contributed by atoms with E-state index in [1.807, 2.05) is 0 Å². The van der Waals surface area contributed by atoms with Gasteiger partial charge in [-0.05, 0) is 25.7 Å². The van der Waals surface area contributed by atoms with Gasteiger partial charge in [0.05, 0.1) is 5.38 Å². The van der Waals surface area contributed by atoms with E-state index in [0.29, 0.717) is 5.78 Å². The highest BCUT2D eigenvalue weighted by atomic mass is 35.5. The van der Waals surface area contributed by atoms with Crippen LogP contribution in [0.4, 0.5) is 0 Å². The van der Waals surface area contributed by atoms with Crippen molar-refractivity contribution in [3.05, 3.63) is 0 Å². The highest BCUT2D eigenvalue weighted by Crippen LogP contribution is 2.47. The van der Waals surface area contributed by atoms with Gasteiger partial charge in [-0.25, -0.2) is 0 Å². The first-order chi connectivity index (χ1) is 5.75. The molecule has 12 heavy (non-hydrogen) atoms. The Balaban J connectivity index is 2.14. The second kappa shape index (κ2) is 3.02. The molecule has 0 saturated heterocycles. The Morgan fingerprint density at radius 2 is 1.83 bits per heavy atom. The second-order valence-corrected chi connectivity index (χ2v) is 4.74. The third-order valence-electron chi connectivity index (χ3n) is 3.49. The molecular formula is C10H15ClO. The third-order valence-corrected chi connectivity index (χ3v) is 3.91. The van der Waals surface area contributed by atoms with E-state index in [1.54, 1.807) is 0 Å². The number of alkyl halides is 1. The van der Waals surface area contributed by atoms with Crippen molar-refractivity contribution in [1.82, 2.24) is 0 Å². The lowest BCUT2D eigenvalue weighted by molar-refractivity contribution is -0.127. The van der Waals surface area contributed by atoms with Crippen LogP contribution in [0.25, 0.3) is 0 Å². The van der Waals surface area contributed by atoms with E-state index in [1.165, 1.54) is 19.3 Å². The smallest absolute Gasteiger partial charge is 0.156 e. The summed E-state index contributed by atoms with van der Waals surface area (Å²) in [6, 6.07) is 0. The predicted octanol–water partition coefficient (Wildman–Crippen LogP) is 2.91. The Bertz CT molecular complexity index is 189. The molecule has 0 aliphatic heterocycles. The molecule has 2 fully saturated rings. The fourth-order valence-corrected chi connectivity index (χ4v) is 3.06. The number of halogens is 1. The van der Waals surface area contributed by atoms with Gasteiger partial charge in [0.1, 0.15) is 0 Å². The normalized spacial score (nSPS) is 34.4. The van der Waals surface area contributed by atoms with Gasteiger partial charge in [0.15, 0.2) is 5.78 Å². The lowest BCUT2D eigenvalue weighted by Crippen LogP contribution is -2.31. The molecule has 0 radical (unpaired) electrons. The zero-order chi connectivity index (χ0) is 8.60. The van der Waals surface area contributed by atoms with Gasteiger partial charge in [-0.15, -0.1) is 11.6 Å². The SMILES string of the molecule is O=C1C(Cl)CCC12CCCCC2. The van der Waals surface area contributed by atoms with Crippen molar-refractivity contribution in [1.29, 1.82) is 0 Å². The summed E-state index contributed by atoms with van der Waals surface area (Å²) in [5.74, 6) is 0.351. The fourth-order valence-electron chi connectivity index (χ4n) is 2.71. The lowest BCUT2D eigenvalue weighted by Gasteiger charge is -2.31. The molecule has 2 aliphatic carbocycles. The van der Waals surface area contributed by atoms with Gasteiger partial charge in [-0.1, -0.05) is 19.3 Å². The highest BCUT2D eigenvalue weighted by molar-refractivity contribution is 6.32. The maximum absolute atomic E-state index is 11.8. The number of ketones is 1. The van der Waals surface area contributed by atoms with E-state index in [2.05, 4.69) is 0 Å². The van der Waals surface area contributed by atoms with Crippen LogP contribution < -0.4 is 0 Å². The van der Waals surface area contributed by atoms with E-state index in [0.717, 1.165) is 25.7 Å². The van der Waals surface area contributed by atoms with Crippen molar-refractivity contribution >= 4 is 17.4 Å². The average Bonchev–Trinajstić information content (AvgIpc) is 2.37. The molecule has 2 heteroatoms. The molecular weight excluding hydrogens is 172 g/mol. The quantitative estimate of drug-likeness (QED) is 0.532. The summed E-state index contributed by atoms with van der Waals surface area (Å²) in [5.41, 5.74) is 0.0324. The van der Waals surface area contributed by atoms with Crippen LogP contribution in [0.15, 0.2) is 0 Å². The van der Waals surface area contributed by atoms with Crippen LogP contribution in [0.1, 0.15) is 44.9 Å². The van der Waals surface area contributed by atoms with Crippen molar-refractivity contribution in [3.63, 3.8) is 0 Å². The first-order valence-electron chi connectivity index (χ1n) is 4.93. The summed E-state index contributed by atoms with van der Waals surface area (Å²) in [4.78, 5) is 11.8. The molecule has 0 bridgehead atoms. The van der Waals surface area contributed by atoms with Gasteiger partial charge in [-0.3, -0.25) is 4.79 Å². The molecule has 0 heterocycles. The van der Waals surface area contributed by atoms with Gasteiger partial charge in [0.2, 0.25) is 0 Å². The van der Waals surface area contributed by atoms with Crippen LogP contribution in [0.2, 0.25) is 0 Å². The number of hydrogen-bond acceptors (Lipinski definition) is 1. The fraction of sp³-hybridized carbons (Fsp3) is 0.900. The minimum atomic E-state index is -0.164. The van der Waals surface area contributed by atoms with Crippen molar-refractivity contribution < 1.29 is 4.79 Å². The molecule has 2 saturated carbocycles. The van der Waals surface area contributed by atoms with Crippen molar-refractivity contribution in [2.24, 2.45) is 5.41 Å². The van der Waals surface area contributed by atoms with Crippen molar-refractivity contribution in [2.75, 3.05) is 0 Å². The van der Waals surface area contributed by atoms with E-state index >= 15 is 0 Å². The second-order valence-electron chi connectivity index (χ2n) is 4.21. The minimum absolute atomic E-state index is 0.0324. The highest BCUT2D eigenvalue weighted by Gasteiger charge is 2.46. The van der Waals surface area contributed by atoms with Gasteiger partial charge >= 0.3 is 0 Å². The molecule has 1 atom stereocenters. The summed E-state index contributed by atoms with van der Waals surface area (Å²) in [6.45, 7) is 0. The zero-order valence-electron chi connectivity index (χ0n) is 7.31. The molecule has 68 valence electrons. The summed E-state index contributed by atoms with van der Waals surface area (Å²) in [7, 11) is 0. The van der Waals surface area contributed by atoms with Crippen molar-refractivity contribution in [3.8, 4) is 0 Å².